The van der Waals surface area contributed by atoms with E-state index in [0.717, 1.165) is 25.7 Å². The number of rotatable bonds is 7. The first-order valence-corrected chi connectivity index (χ1v) is 8.72. The van der Waals surface area contributed by atoms with Crippen LogP contribution in [0.2, 0.25) is 0 Å². The quantitative estimate of drug-likeness (QED) is 0.226. The van der Waals surface area contributed by atoms with Crippen molar-refractivity contribution in [3.8, 4) is 0 Å². The lowest BCUT2D eigenvalue weighted by Gasteiger charge is -2.50. The molecular weight excluding hydrogens is 328 g/mol. The largest absolute Gasteiger partial charge is 0.462 e. The molecular formula is C18H24O7. The van der Waals surface area contributed by atoms with E-state index in [-0.39, 0.29) is 36.3 Å². The molecule has 3 rings (SSSR count). The summed E-state index contributed by atoms with van der Waals surface area (Å²) in [7, 11) is 0. The summed E-state index contributed by atoms with van der Waals surface area (Å²) >= 11 is 0. The molecule has 0 aromatic rings. The summed E-state index contributed by atoms with van der Waals surface area (Å²) in [6, 6.07) is 0. The Morgan fingerprint density at radius 3 is 2.76 bits per heavy atom. The fraction of sp³-hybridized carbons (Fsp3) is 0.722. The molecule has 7 nitrogen and oxygen atoms in total. The number of carbonyl (C=O) groups is 3. The summed E-state index contributed by atoms with van der Waals surface area (Å²) in [6.07, 6.45) is 4.07. The van der Waals surface area contributed by atoms with Crippen molar-refractivity contribution < 1.29 is 33.3 Å². The van der Waals surface area contributed by atoms with Gasteiger partial charge in [-0.05, 0) is 50.4 Å². The van der Waals surface area contributed by atoms with E-state index in [0.29, 0.717) is 18.4 Å². The van der Waals surface area contributed by atoms with Crippen molar-refractivity contribution >= 4 is 17.9 Å². The number of hydrogen-bond acceptors (Lipinski definition) is 7. The van der Waals surface area contributed by atoms with Crippen LogP contribution in [-0.2, 0) is 33.3 Å². The standard InChI is InChI=1S/C18H24O7/c1-10(2)17(20)23-8-16(19)24-9-22-7-14-11-3-4-15-12(5-11)6-13(14)18(21)25-15/h11-15H,1,3-9H2,2H3. The highest BCUT2D eigenvalue weighted by atomic mass is 16.7. The van der Waals surface area contributed by atoms with E-state index >= 15 is 0 Å². The molecule has 3 aliphatic rings. The van der Waals surface area contributed by atoms with Gasteiger partial charge in [-0.25, -0.2) is 9.59 Å². The van der Waals surface area contributed by atoms with Gasteiger partial charge >= 0.3 is 17.9 Å². The fourth-order valence-corrected chi connectivity index (χ4v) is 4.23. The molecule has 2 aliphatic carbocycles. The van der Waals surface area contributed by atoms with Crippen LogP contribution in [-0.4, -0.2) is 44.0 Å². The molecule has 5 atom stereocenters. The molecule has 0 aromatic carbocycles. The third kappa shape index (κ3) is 4.03. The second-order valence-electron chi connectivity index (χ2n) is 7.18. The van der Waals surface area contributed by atoms with Crippen LogP contribution in [0.15, 0.2) is 12.2 Å². The molecule has 1 heterocycles. The molecule has 0 N–H and O–H groups in total. The number of hydrogen-bond donors (Lipinski definition) is 0. The third-order valence-corrected chi connectivity index (χ3v) is 5.49. The van der Waals surface area contributed by atoms with Gasteiger partial charge in [0.05, 0.1) is 12.5 Å². The van der Waals surface area contributed by atoms with Crippen LogP contribution in [0.5, 0.6) is 0 Å². The zero-order valence-corrected chi connectivity index (χ0v) is 14.4. The number of fused-ring (bicyclic) bond motifs is 2. The van der Waals surface area contributed by atoms with E-state index < -0.39 is 18.5 Å². The Labute approximate surface area is 146 Å². The Balaban J connectivity index is 1.40. The van der Waals surface area contributed by atoms with Crippen molar-refractivity contribution in [3.63, 3.8) is 0 Å². The number of ether oxygens (including phenoxy) is 4. The van der Waals surface area contributed by atoms with Gasteiger partial charge in [-0.2, -0.15) is 0 Å². The molecule has 1 saturated heterocycles. The van der Waals surface area contributed by atoms with Gasteiger partial charge in [-0.1, -0.05) is 6.58 Å². The van der Waals surface area contributed by atoms with E-state index in [2.05, 4.69) is 6.58 Å². The lowest BCUT2D eigenvalue weighted by molar-refractivity contribution is -0.193. The van der Waals surface area contributed by atoms with Gasteiger partial charge < -0.3 is 18.9 Å². The number of esters is 3. The molecule has 3 fully saturated rings. The van der Waals surface area contributed by atoms with E-state index in [1.165, 1.54) is 6.92 Å². The molecule has 2 saturated carbocycles. The molecule has 1 aliphatic heterocycles. The Hall–Kier alpha value is -1.89. The van der Waals surface area contributed by atoms with Crippen molar-refractivity contribution in [2.24, 2.45) is 23.7 Å². The van der Waals surface area contributed by atoms with Gasteiger partial charge in [0.1, 0.15) is 6.10 Å². The molecule has 7 heteroatoms. The average Bonchev–Trinajstić information content (AvgIpc) is 2.59. The first kappa shape index (κ1) is 17.9. The van der Waals surface area contributed by atoms with E-state index in [1.54, 1.807) is 0 Å². The summed E-state index contributed by atoms with van der Waals surface area (Å²) in [4.78, 5) is 34.8. The topological polar surface area (TPSA) is 88.1 Å². The smallest absolute Gasteiger partial charge is 0.346 e. The molecule has 3 bridgehead atoms. The lowest BCUT2D eigenvalue weighted by atomic mass is 9.60. The Morgan fingerprint density at radius 1 is 1.20 bits per heavy atom. The monoisotopic (exact) mass is 352 g/mol. The maximum atomic E-state index is 12.1. The van der Waals surface area contributed by atoms with Crippen molar-refractivity contribution in [3.05, 3.63) is 12.2 Å². The van der Waals surface area contributed by atoms with E-state index in [4.69, 9.17) is 18.9 Å². The average molecular weight is 352 g/mol. The Morgan fingerprint density at radius 2 is 2.00 bits per heavy atom. The SMILES string of the molecule is C=C(C)C(=O)OCC(=O)OCOCC1C2CCC3OC(=O)C1CC3C2. The highest BCUT2D eigenvalue weighted by Crippen LogP contribution is 2.50. The van der Waals surface area contributed by atoms with Crippen LogP contribution in [0.4, 0.5) is 0 Å². The van der Waals surface area contributed by atoms with Crippen molar-refractivity contribution in [1.82, 2.24) is 0 Å². The van der Waals surface area contributed by atoms with Crippen LogP contribution < -0.4 is 0 Å². The summed E-state index contributed by atoms with van der Waals surface area (Å²) in [5.74, 6) is -0.448. The van der Waals surface area contributed by atoms with Gasteiger partial charge in [0.15, 0.2) is 13.4 Å². The number of carbonyl (C=O) groups excluding carboxylic acids is 3. The van der Waals surface area contributed by atoms with Crippen molar-refractivity contribution in [1.29, 1.82) is 0 Å². The summed E-state index contributed by atoms with van der Waals surface area (Å²) in [5, 5.41) is 0. The van der Waals surface area contributed by atoms with Crippen LogP contribution in [0, 0.1) is 23.7 Å². The molecule has 25 heavy (non-hydrogen) atoms. The predicted octanol–water partition coefficient (Wildman–Crippen LogP) is 1.60. The van der Waals surface area contributed by atoms with E-state index in [9.17, 15) is 14.4 Å². The summed E-state index contributed by atoms with van der Waals surface area (Å²) in [6.45, 7) is 4.58. The molecule has 0 amide bonds. The second kappa shape index (κ2) is 7.56. The zero-order chi connectivity index (χ0) is 18.0. The van der Waals surface area contributed by atoms with Crippen LogP contribution in [0.25, 0.3) is 0 Å². The molecule has 5 unspecified atom stereocenters. The first-order chi connectivity index (χ1) is 12.0. The minimum Gasteiger partial charge on any atom is -0.462 e. The predicted molar refractivity (Wildman–Crippen MR) is 85.0 cm³/mol. The highest BCUT2D eigenvalue weighted by Gasteiger charge is 2.51. The van der Waals surface area contributed by atoms with Gasteiger partial charge in [0.25, 0.3) is 0 Å². The minimum atomic E-state index is -0.684. The maximum Gasteiger partial charge on any atom is 0.346 e. The zero-order valence-electron chi connectivity index (χ0n) is 14.4. The van der Waals surface area contributed by atoms with Gasteiger partial charge in [0.2, 0.25) is 0 Å². The summed E-state index contributed by atoms with van der Waals surface area (Å²) in [5.41, 5.74) is 0.216. The van der Waals surface area contributed by atoms with Crippen molar-refractivity contribution in [2.75, 3.05) is 20.0 Å². The van der Waals surface area contributed by atoms with Crippen LogP contribution in [0.3, 0.4) is 0 Å². The van der Waals surface area contributed by atoms with Gasteiger partial charge in [-0.3, -0.25) is 4.79 Å². The Bertz CT molecular complexity index is 570. The Kier molecular flexibility index (Phi) is 5.42. The molecule has 138 valence electrons. The minimum absolute atomic E-state index is 0.104. The third-order valence-electron chi connectivity index (χ3n) is 5.49. The maximum absolute atomic E-state index is 12.1. The lowest BCUT2D eigenvalue weighted by Crippen LogP contribution is -2.52. The summed E-state index contributed by atoms with van der Waals surface area (Å²) < 4.78 is 20.6. The second-order valence-corrected chi connectivity index (χ2v) is 7.18. The highest BCUT2D eigenvalue weighted by molar-refractivity contribution is 5.88. The molecule has 0 radical (unpaired) electrons. The van der Waals surface area contributed by atoms with Gasteiger partial charge in [-0.15, -0.1) is 0 Å². The van der Waals surface area contributed by atoms with Crippen molar-refractivity contribution in [2.45, 2.75) is 38.7 Å². The van der Waals surface area contributed by atoms with E-state index in [1.807, 2.05) is 0 Å². The van der Waals surface area contributed by atoms with Gasteiger partial charge in [0, 0.05) is 5.57 Å². The molecule has 0 aromatic heterocycles. The fourth-order valence-electron chi connectivity index (χ4n) is 4.23. The van der Waals surface area contributed by atoms with Crippen LogP contribution in [0.1, 0.15) is 32.6 Å². The first-order valence-electron chi connectivity index (χ1n) is 8.72. The van der Waals surface area contributed by atoms with Crippen LogP contribution >= 0.6 is 0 Å². The molecule has 0 spiro atoms. The normalized spacial score (nSPS) is 32.7.